The normalized spacial score (nSPS) is 13.3. The van der Waals surface area contributed by atoms with Crippen LogP contribution in [0.1, 0.15) is 19.4 Å². The number of aliphatic hydroxyl groups excluding tert-OH is 1. The van der Waals surface area contributed by atoms with Crippen LogP contribution in [-0.2, 0) is 25.6 Å². The Labute approximate surface area is 124 Å². The van der Waals surface area contributed by atoms with Crippen molar-refractivity contribution in [3.8, 4) is 0 Å². The maximum absolute atomic E-state index is 11.9. The Morgan fingerprint density at radius 2 is 1.67 bits per heavy atom. The number of aliphatic hydroxyl groups is 1. The van der Waals surface area contributed by atoms with Gasteiger partial charge in [0.2, 0.25) is 0 Å². The molecule has 21 heavy (non-hydrogen) atoms. The Kier molecular flexibility index (Phi) is 7.42. The van der Waals surface area contributed by atoms with Gasteiger partial charge in [0, 0.05) is 6.54 Å². The van der Waals surface area contributed by atoms with Crippen LogP contribution in [-0.4, -0.2) is 42.4 Å². The van der Waals surface area contributed by atoms with Gasteiger partial charge >= 0.3 is 11.9 Å². The molecule has 6 nitrogen and oxygen atoms in total. The molecule has 0 spiro atoms. The summed E-state index contributed by atoms with van der Waals surface area (Å²) in [4.78, 5) is 23.4. The minimum Gasteiger partial charge on any atom is -0.465 e. The van der Waals surface area contributed by atoms with E-state index in [1.165, 1.54) is 0 Å². The van der Waals surface area contributed by atoms with Crippen LogP contribution in [0.25, 0.3) is 0 Å². The first-order valence-corrected chi connectivity index (χ1v) is 6.88. The summed E-state index contributed by atoms with van der Waals surface area (Å²) >= 11 is 0. The van der Waals surface area contributed by atoms with E-state index in [1.807, 2.05) is 30.3 Å². The molecule has 1 aromatic rings. The first kappa shape index (κ1) is 17.1. The van der Waals surface area contributed by atoms with E-state index in [0.29, 0.717) is 6.54 Å². The van der Waals surface area contributed by atoms with Gasteiger partial charge in [-0.25, -0.2) is 4.79 Å². The second-order valence-electron chi connectivity index (χ2n) is 4.29. The molecule has 1 aromatic carbocycles. The summed E-state index contributed by atoms with van der Waals surface area (Å²) in [5, 5.41) is 12.8. The highest BCUT2D eigenvalue weighted by Gasteiger charge is 2.34. The van der Waals surface area contributed by atoms with Crippen molar-refractivity contribution in [2.75, 3.05) is 13.2 Å². The van der Waals surface area contributed by atoms with Crippen LogP contribution < -0.4 is 5.32 Å². The van der Waals surface area contributed by atoms with E-state index in [1.54, 1.807) is 13.8 Å². The van der Waals surface area contributed by atoms with Crippen molar-refractivity contribution >= 4 is 11.9 Å². The Hall–Kier alpha value is -1.92. The second-order valence-corrected chi connectivity index (χ2v) is 4.29. The van der Waals surface area contributed by atoms with Crippen LogP contribution in [0, 0.1) is 0 Å². The van der Waals surface area contributed by atoms with Gasteiger partial charge in [0.05, 0.1) is 13.2 Å². The second kappa shape index (κ2) is 9.10. The van der Waals surface area contributed by atoms with Crippen molar-refractivity contribution in [1.82, 2.24) is 5.32 Å². The van der Waals surface area contributed by atoms with Crippen LogP contribution in [0.4, 0.5) is 0 Å². The fraction of sp³-hybridized carbons (Fsp3) is 0.467. The molecule has 116 valence electrons. The summed E-state index contributed by atoms with van der Waals surface area (Å²) in [7, 11) is 0. The first-order chi connectivity index (χ1) is 10.1. The van der Waals surface area contributed by atoms with Crippen LogP contribution in [0.5, 0.6) is 0 Å². The van der Waals surface area contributed by atoms with Crippen LogP contribution >= 0.6 is 0 Å². The van der Waals surface area contributed by atoms with Gasteiger partial charge in [-0.3, -0.25) is 10.1 Å². The number of rotatable bonds is 8. The lowest BCUT2D eigenvalue weighted by Crippen LogP contribution is -2.50. The highest BCUT2D eigenvalue weighted by atomic mass is 16.6. The molecule has 0 bridgehead atoms. The zero-order valence-corrected chi connectivity index (χ0v) is 12.2. The molecular formula is C15H21NO5. The van der Waals surface area contributed by atoms with Crippen molar-refractivity contribution in [2.45, 2.75) is 32.5 Å². The number of hydrogen-bond acceptors (Lipinski definition) is 6. The molecule has 0 aliphatic carbocycles. The van der Waals surface area contributed by atoms with Gasteiger partial charge in [0.15, 0.2) is 6.10 Å². The van der Waals surface area contributed by atoms with Crippen molar-refractivity contribution in [2.24, 2.45) is 0 Å². The van der Waals surface area contributed by atoms with Gasteiger partial charge < -0.3 is 14.6 Å². The number of hydrogen-bond donors (Lipinski definition) is 2. The molecule has 2 atom stereocenters. The van der Waals surface area contributed by atoms with Crippen molar-refractivity contribution < 1.29 is 24.2 Å². The summed E-state index contributed by atoms with van der Waals surface area (Å²) < 4.78 is 9.60. The SMILES string of the molecule is CCOC(=O)[C@@H](NCc1ccccc1)[C@@H](O)C(=O)OCC. The number of benzene rings is 1. The molecule has 0 aromatic heterocycles. The zero-order chi connectivity index (χ0) is 15.7. The molecule has 0 unspecified atom stereocenters. The monoisotopic (exact) mass is 295 g/mol. The van der Waals surface area contributed by atoms with Crippen molar-refractivity contribution in [3.05, 3.63) is 35.9 Å². The molecule has 0 amide bonds. The van der Waals surface area contributed by atoms with Crippen LogP contribution in [0.15, 0.2) is 30.3 Å². The number of carbonyl (C=O) groups excluding carboxylic acids is 2. The maximum atomic E-state index is 11.9. The lowest BCUT2D eigenvalue weighted by Gasteiger charge is -2.21. The molecule has 0 fully saturated rings. The Morgan fingerprint density at radius 3 is 2.24 bits per heavy atom. The van der Waals surface area contributed by atoms with E-state index in [4.69, 9.17) is 9.47 Å². The quantitative estimate of drug-likeness (QED) is 0.684. The third-order valence-corrected chi connectivity index (χ3v) is 2.75. The van der Waals surface area contributed by atoms with E-state index in [0.717, 1.165) is 5.56 Å². The van der Waals surface area contributed by atoms with Gasteiger partial charge in [0.1, 0.15) is 6.04 Å². The smallest absolute Gasteiger partial charge is 0.337 e. The number of carbonyl (C=O) groups is 2. The summed E-state index contributed by atoms with van der Waals surface area (Å²) in [6.07, 6.45) is -1.60. The summed E-state index contributed by atoms with van der Waals surface area (Å²) in [6, 6.07) is 8.16. The van der Waals surface area contributed by atoms with E-state index in [2.05, 4.69) is 5.32 Å². The summed E-state index contributed by atoms with van der Waals surface area (Å²) in [6.45, 7) is 3.90. The lowest BCUT2D eigenvalue weighted by atomic mass is 10.1. The predicted molar refractivity (Wildman–Crippen MR) is 76.3 cm³/mol. The van der Waals surface area contributed by atoms with Gasteiger partial charge in [-0.1, -0.05) is 30.3 Å². The third-order valence-electron chi connectivity index (χ3n) is 2.75. The molecule has 1 rings (SSSR count). The maximum Gasteiger partial charge on any atom is 0.337 e. The van der Waals surface area contributed by atoms with Gasteiger partial charge in [-0.15, -0.1) is 0 Å². The van der Waals surface area contributed by atoms with Gasteiger partial charge in [-0.2, -0.15) is 0 Å². The highest BCUT2D eigenvalue weighted by Crippen LogP contribution is 2.04. The standard InChI is InChI=1S/C15H21NO5/c1-3-20-14(18)12(13(17)15(19)21-4-2)16-10-11-8-6-5-7-9-11/h5-9,12-13,16-17H,3-4,10H2,1-2H3/t12-,13+/m0/s1. The average molecular weight is 295 g/mol. The Balaban J connectivity index is 2.72. The average Bonchev–Trinajstić information content (AvgIpc) is 2.49. The largest absolute Gasteiger partial charge is 0.465 e. The fourth-order valence-corrected chi connectivity index (χ4v) is 1.74. The highest BCUT2D eigenvalue weighted by molar-refractivity contribution is 5.86. The Morgan fingerprint density at radius 1 is 1.10 bits per heavy atom. The third kappa shape index (κ3) is 5.53. The molecule has 2 N–H and O–H groups in total. The lowest BCUT2D eigenvalue weighted by molar-refractivity contribution is -0.162. The van der Waals surface area contributed by atoms with Crippen LogP contribution in [0.3, 0.4) is 0 Å². The van der Waals surface area contributed by atoms with E-state index in [-0.39, 0.29) is 13.2 Å². The Bertz CT molecular complexity index is 449. The molecule has 6 heteroatoms. The van der Waals surface area contributed by atoms with Crippen molar-refractivity contribution in [3.63, 3.8) is 0 Å². The fourth-order valence-electron chi connectivity index (χ4n) is 1.74. The molecular weight excluding hydrogens is 274 g/mol. The predicted octanol–water partition coefficient (Wildman–Crippen LogP) is 0.632. The van der Waals surface area contributed by atoms with Gasteiger partial charge in [-0.05, 0) is 19.4 Å². The number of ether oxygens (including phenoxy) is 2. The molecule has 0 aliphatic rings. The molecule has 0 aliphatic heterocycles. The molecule has 0 saturated heterocycles. The minimum atomic E-state index is -1.60. The van der Waals surface area contributed by atoms with Crippen LogP contribution in [0.2, 0.25) is 0 Å². The number of esters is 2. The van der Waals surface area contributed by atoms with E-state index < -0.39 is 24.1 Å². The van der Waals surface area contributed by atoms with Gasteiger partial charge in [0.25, 0.3) is 0 Å². The first-order valence-electron chi connectivity index (χ1n) is 6.88. The van der Waals surface area contributed by atoms with E-state index >= 15 is 0 Å². The summed E-state index contributed by atoms with van der Waals surface area (Å²) in [5.74, 6) is -1.54. The van der Waals surface area contributed by atoms with Crippen molar-refractivity contribution in [1.29, 1.82) is 0 Å². The molecule has 0 heterocycles. The molecule has 0 saturated carbocycles. The van der Waals surface area contributed by atoms with E-state index in [9.17, 15) is 14.7 Å². The zero-order valence-electron chi connectivity index (χ0n) is 12.2. The summed E-state index contributed by atoms with van der Waals surface area (Å²) in [5.41, 5.74) is 0.919. The minimum absolute atomic E-state index is 0.129. The topological polar surface area (TPSA) is 84.9 Å². The molecule has 0 radical (unpaired) electrons. The number of nitrogens with one attached hydrogen (secondary N) is 1.